The average Bonchev–Trinajstić information content (AvgIpc) is 3.39. The summed E-state index contributed by atoms with van der Waals surface area (Å²) < 4.78 is 7.95. The van der Waals surface area contributed by atoms with Crippen molar-refractivity contribution < 1.29 is 4.74 Å². The van der Waals surface area contributed by atoms with Crippen LogP contribution < -0.4 is 15.4 Å². The first kappa shape index (κ1) is 19.0. The van der Waals surface area contributed by atoms with E-state index in [4.69, 9.17) is 10.5 Å². The molecule has 1 aromatic carbocycles. The predicted molar refractivity (Wildman–Crippen MR) is 112 cm³/mol. The number of nitriles is 1. The third kappa shape index (κ3) is 4.08. The monoisotopic (exact) mass is 388 g/mol. The average molecular weight is 388 g/mol. The van der Waals surface area contributed by atoms with E-state index in [1.165, 1.54) is 12.8 Å². The van der Waals surface area contributed by atoms with Crippen LogP contribution in [0.1, 0.15) is 24.0 Å². The maximum Gasteiger partial charge on any atom is 0.219 e. The molecular weight excluding hydrogens is 364 g/mol. The Kier molecular flexibility index (Phi) is 5.45. The van der Waals surface area contributed by atoms with E-state index in [-0.39, 0.29) is 0 Å². The van der Waals surface area contributed by atoms with Crippen LogP contribution in [0.2, 0.25) is 0 Å². The van der Waals surface area contributed by atoms with Gasteiger partial charge in [-0.05, 0) is 55.6 Å². The third-order valence-electron chi connectivity index (χ3n) is 5.11. The molecule has 7 heteroatoms. The molecule has 0 spiro atoms. The maximum atomic E-state index is 9.33. The summed E-state index contributed by atoms with van der Waals surface area (Å²) in [7, 11) is 1.86. The van der Waals surface area contributed by atoms with Gasteiger partial charge in [0, 0.05) is 38.0 Å². The molecule has 1 aliphatic rings. The molecule has 4 rings (SSSR count). The lowest BCUT2D eigenvalue weighted by molar-refractivity contribution is 0.432. The van der Waals surface area contributed by atoms with Crippen molar-refractivity contribution in [2.24, 2.45) is 12.8 Å². The van der Waals surface area contributed by atoms with E-state index in [2.05, 4.69) is 21.1 Å². The van der Waals surface area contributed by atoms with Gasteiger partial charge in [0.05, 0.1) is 17.3 Å². The molecule has 3 heterocycles. The topological polar surface area (TPSA) is 93.0 Å². The molecule has 2 aromatic heterocycles. The van der Waals surface area contributed by atoms with E-state index >= 15 is 0 Å². The molecular formula is C22H24N6O. The van der Waals surface area contributed by atoms with Gasteiger partial charge < -0.3 is 15.4 Å². The molecule has 1 fully saturated rings. The van der Waals surface area contributed by atoms with Gasteiger partial charge in [-0.15, -0.1) is 0 Å². The minimum atomic E-state index is 0.533. The van der Waals surface area contributed by atoms with Gasteiger partial charge in [-0.3, -0.25) is 4.98 Å². The summed E-state index contributed by atoms with van der Waals surface area (Å²) >= 11 is 0. The summed E-state index contributed by atoms with van der Waals surface area (Å²) in [6.45, 7) is 2.63. The van der Waals surface area contributed by atoms with Crippen molar-refractivity contribution in [1.82, 2.24) is 14.8 Å². The molecule has 0 aliphatic carbocycles. The van der Waals surface area contributed by atoms with Gasteiger partial charge in [0.2, 0.25) is 5.88 Å². The highest BCUT2D eigenvalue weighted by atomic mass is 16.5. The lowest BCUT2D eigenvalue weighted by atomic mass is 10.1. The van der Waals surface area contributed by atoms with Gasteiger partial charge in [0.15, 0.2) is 5.82 Å². The summed E-state index contributed by atoms with van der Waals surface area (Å²) in [5, 5.41) is 13.9. The third-order valence-corrected chi connectivity index (χ3v) is 5.11. The molecule has 0 radical (unpaired) electrons. The Morgan fingerprint density at radius 1 is 1.17 bits per heavy atom. The molecule has 1 aliphatic heterocycles. The zero-order chi connectivity index (χ0) is 20.2. The molecule has 2 N–H and O–H groups in total. The van der Waals surface area contributed by atoms with Crippen molar-refractivity contribution in [3.63, 3.8) is 0 Å². The minimum absolute atomic E-state index is 0.533. The van der Waals surface area contributed by atoms with E-state index in [1.807, 2.05) is 37.5 Å². The molecule has 0 bridgehead atoms. The molecule has 0 saturated carbocycles. The smallest absolute Gasteiger partial charge is 0.219 e. The van der Waals surface area contributed by atoms with Crippen LogP contribution in [0.4, 0.5) is 5.82 Å². The summed E-state index contributed by atoms with van der Waals surface area (Å²) in [6.07, 6.45) is 5.00. The molecule has 3 aromatic rings. The van der Waals surface area contributed by atoms with Crippen LogP contribution >= 0.6 is 0 Å². The number of hydrogen-bond acceptors (Lipinski definition) is 6. The second-order valence-corrected chi connectivity index (χ2v) is 7.17. The van der Waals surface area contributed by atoms with Gasteiger partial charge >= 0.3 is 0 Å². The molecule has 0 unspecified atom stereocenters. The first-order valence-corrected chi connectivity index (χ1v) is 9.84. The summed E-state index contributed by atoms with van der Waals surface area (Å²) in [5.74, 6) is 2.13. The van der Waals surface area contributed by atoms with E-state index in [0.29, 0.717) is 23.7 Å². The number of ether oxygens (including phenoxy) is 1. The van der Waals surface area contributed by atoms with Crippen molar-refractivity contribution in [2.75, 3.05) is 24.5 Å². The van der Waals surface area contributed by atoms with Crippen LogP contribution in [0.25, 0.3) is 11.3 Å². The fourth-order valence-electron chi connectivity index (χ4n) is 3.53. The van der Waals surface area contributed by atoms with Crippen LogP contribution in [0.15, 0.2) is 42.6 Å². The quantitative estimate of drug-likeness (QED) is 0.697. The Morgan fingerprint density at radius 2 is 2.00 bits per heavy atom. The Hall–Kier alpha value is -3.37. The molecule has 7 nitrogen and oxygen atoms in total. The van der Waals surface area contributed by atoms with Gasteiger partial charge in [0.25, 0.3) is 0 Å². The highest BCUT2D eigenvalue weighted by molar-refractivity contribution is 5.69. The number of benzene rings is 1. The molecule has 0 atom stereocenters. The number of aromatic nitrogens is 3. The zero-order valence-corrected chi connectivity index (χ0v) is 16.5. The normalized spacial score (nSPS) is 13.5. The lowest BCUT2D eigenvalue weighted by Crippen LogP contribution is -2.18. The highest BCUT2D eigenvalue weighted by Crippen LogP contribution is 2.34. The second kappa shape index (κ2) is 8.33. The van der Waals surface area contributed by atoms with Crippen molar-refractivity contribution in [2.45, 2.75) is 19.3 Å². The molecule has 0 amide bonds. The number of nitrogens with zero attached hydrogens (tertiary/aromatic N) is 5. The van der Waals surface area contributed by atoms with Crippen molar-refractivity contribution in [3.05, 3.63) is 53.7 Å². The Morgan fingerprint density at radius 3 is 2.69 bits per heavy atom. The van der Waals surface area contributed by atoms with Crippen molar-refractivity contribution in [1.29, 1.82) is 5.26 Å². The fraction of sp³-hybridized carbons (Fsp3) is 0.318. The van der Waals surface area contributed by atoms with Gasteiger partial charge in [0.1, 0.15) is 5.75 Å². The number of pyridine rings is 1. The van der Waals surface area contributed by atoms with E-state index in [9.17, 15) is 5.26 Å². The number of nitrogens with two attached hydrogens (primary N) is 1. The van der Waals surface area contributed by atoms with E-state index in [0.717, 1.165) is 42.1 Å². The Labute approximate surface area is 170 Å². The van der Waals surface area contributed by atoms with Crippen molar-refractivity contribution >= 4 is 5.82 Å². The standard InChI is InChI=1S/C22H24N6O/c1-27-22(13-21(26-27)28-10-2-3-11-28)29-20-12-17(14-24)4-6-18(20)19-7-5-16(8-9-23)15-25-19/h4-7,12-13,15H,2-3,8-11,23H2,1H3. The Balaban J connectivity index is 1.67. The van der Waals surface area contributed by atoms with Gasteiger partial charge in [-0.2, -0.15) is 10.4 Å². The zero-order valence-electron chi connectivity index (χ0n) is 16.5. The number of anilines is 1. The largest absolute Gasteiger partial charge is 0.438 e. The molecule has 148 valence electrons. The van der Waals surface area contributed by atoms with Crippen LogP contribution in [0.5, 0.6) is 11.6 Å². The molecule has 29 heavy (non-hydrogen) atoms. The highest BCUT2D eigenvalue weighted by Gasteiger charge is 2.19. The van der Waals surface area contributed by atoms with Crippen LogP contribution in [0, 0.1) is 11.3 Å². The fourth-order valence-corrected chi connectivity index (χ4v) is 3.53. The van der Waals surface area contributed by atoms with Crippen LogP contribution in [-0.4, -0.2) is 34.4 Å². The minimum Gasteiger partial charge on any atom is -0.438 e. The number of aryl methyl sites for hydroxylation is 1. The summed E-state index contributed by atoms with van der Waals surface area (Å²) in [6, 6.07) is 13.5. The van der Waals surface area contributed by atoms with Crippen molar-refractivity contribution in [3.8, 4) is 29.0 Å². The van der Waals surface area contributed by atoms with E-state index < -0.39 is 0 Å². The van der Waals surface area contributed by atoms with Gasteiger partial charge in [-0.1, -0.05) is 6.07 Å². The molecule has 1 saturated heterocycles. The first-order chi connectivity index (χ1) is 14.2. The number of rotatable bonds is 6. The second-order valence-electron chi connectivity index (χ2n) is 7.17. The maximum absolute atomic E-state index is 9.33. The van der Waals surface area contributed by atoms with Gasteiger partial charge in [-0.25, -0.2) is 4.68 Å². The number of hydrogen-bond donors (Lipinski definition) is 1. The Bertz CT molecular complexity index is 1030. The van der Waals surface area contributed by atoms with Crippen LogP contribution in [-0.2, 0) is 13.5 Å². The lowest BCUT2D eigenvalue weighted by Gasteiger charge is -2.12. The SMILES string of the molecule is Cn1nc(N2CCCC2)cc1Oc1cc(C#N)ccc1-c1ccc(CCN)cn1. The predicted octanol–water partition coefficient (Wildman–Crippen LogP) is 3.25. The van der Waals surface area contributed by atoms with Crippen LogP contribution in [0.3, 0.4) is 0 Å². The summed E-state index contributed by atoms with van der Waals surface area (Å²) in [5.41, 5.74) is 8.86. The van der Waals surface area contributed by atoms with E-state index in [1.54, 1.807) is 16.8 Å². The summed E-state index contributed by atoms with van der Waals surface area (Å²) in [4.78, 5) is 6.83. The first-order valence-electron chi connectivity index (χ1n) is 9.84.